The summed E-state index contributed by atoms with van der Waals surface area (Å²) in [5.74, 6) is 0.286. The summed E-state index contributed by atoms with van der Waals surface area (Å²) in [4.78, 5) is 0. The molecule has 106 valence electrons. The Balaban J connectivity index is 2.32. The van der Waals surface area contributed by atoms with E-state index in [9.17, 15) is 8.76 Å². The van der Waals surface area contributed by atoms with Crippen molar-refractivity contribution >= 4 is 11.4 Å². The molecule has 0 heterocycles. The average molecular weight is 281 g/mol. The average Bonchev–Trinajstić information content (AvgIpc) is 2.28. The number of hydrogen-bond acceptors (Lipinski definition) is 3. The van der Waals surface area contributed by atoms with Crippen LogP contribution in [-0.4, -0.2) is 14.9 Å². The van der Waals surface area contributed by atoms with Crippen molar-refractivity contribution in [2.45, 2.75) is 46.6 Å². The van der Waals surface area contributed by atoms with E-state index < -0.39 is 11.4 Å². The van der Waals surface area contributed by atoms with Crippen LogP contribution in [-0.2, 0) is 15.5 Å². The van der Waals surface area contributed by atoms with Crippen molar-refractivity contribution in [2.24, 2.45) is 10.8 Å². The number of benzene rings is 1. The molecule has 2 rings (SSSR count). The van der Waals surface area contributed by atoms with Crippen molar-refractivity contribution < 1.29 is 12.9 Å². The molecule has 1 fully saturated rings. The highest BCUT2D eigenvalue weighted by molar-refractivity contribution is 7.74. The second kappa shape index (κ2) is 4.69. The summed E-state index contributed by atoms with van der Waals surface area (Å²) in [5, 5.41) is 0. The molecule has 1 aromatic carbocycles. The largest absolute Gasteiger partial charge is 0.750 e. The van der Waals surface area contributed by atoms with E-state index in [0.717, 1.165) is 0 Å². The molecule has 1 saturated carbocycles. The minimum atomic E-state index is -2.46. The molecular formula is C15H21O3S-. The van der Waals surface area contributed by atoms with Crippen molar-refractivity contribution in [3.05, 3.63) is 35.4 Å². The molecule has 1 aromatic rings. The number of hydrogen-bond donors (Lipinski definition) is 0. The first-order chi connectivity index (χ1) is 8.67. The molecule has 0 spiro atoms. The molecule has 1 unspecified atom stereocenters. The molecule has 0 N–H and O–H groups in total. The van der Waals surface area contributed by atoms with Crippen LogP contribution in [0.25, 0.3) is 0 Å². The number of aryl methyl sites for hydroxylation is 1. The fourth-order valence-electron chi connectivity index (χ4n) is 4.07. The maximum Gasteiger partial charge on any atom is 0.0850 e. The lowest BCUT2D eigenvalue weighted by molar-refractivity contribution is -0.158. The summed E-state index contributed by atoms with van der Waals surface area (Å²) in [5.41, 5.74) is 2.08. The molecule has 0 saturated heterocycles. The summed E-state index contributed by atoms with van der Waals surface area (Å²) in [6.45, 7) is 10.3. The molecule has 0 aromatic heterocycles. The standard InChI is InChI=1S/C15H22O3S/c1-10-6-8-11(9-7-10)12-14(2,3)13(15(12,4)5)18-19(16)17/h6-9,12-13H,1-5H3,(H,16,17)/p-1. The van der Waals surface area contributed by atoms with Gasteiger partial charge in [-0.1, -0.05) is 57.5 Å². The minimum Gasteiger partial charge on any atom is -0.750 e. The number of rotatable bonds is 3. The Labute approximate surface area is 117 Å². The first-order valence-corrected chi connectivity index (χ1v) is 7.50. The van der Waals surface area contributed by atoms with Gasteiger partial charge in [-0.2, -0.15) is 0 Å². The van der Waals surface area contributed by atoms with E-state index in [-0.39, 0.29) is 22.9 Å². The monoisotopic (exact) mass is 281 g/mol. The van der Waals surface area contributed by atoms with Gasteiger partial charge in [-0.3, -0.25) is 4.18 Å². The Morgan fingerprint density at radius 3 is 2.00 bits per heavy atom. The van der Waals surface area contributed by atoms with Crippen LogP contribution >= 0.6 is 0 Å². The van der Waals surface area contributed by atoms with E-state index in [2.05, 4.69) is 58.9 Å². The van der Waals surface area contributed by atoms with Crippen molar-refractivity contribution in [1.29, 1.82) is 0 Å². The van der Waals surface area contributed by atoms with Gasteiger partial charge in [0.05, 0.1) is 17.5 Å². The van der Waals surface area contributed by atoms with Crippen molar-refractivity contribution in [3.8, 4) is 0 Å². The third-order valence-corrected chi connectivity index (χ3v) is 4.77. The van der Waals surface area contributed by atoms with Gasteiger partial charge in [0.2, 0.25) is 0 Å². The van der Waals surface area contributed by atoms with Crippen molar-refractivity contribution in [2.75, 3.05) is 0 Å². The van der Waals surface area contributed by atoms with Gasteiger partial charge in [0, 0.05) is 10.8 Å². The summed E-state index contributed by atoms with van der Waals surface area (Å²) >= 11 is -2.46. The predicted molar refractivity (Wildman–Crippen MR) is 75.3 cm³/mol. The van der Waals surface area contributed by atoms with Gasteiger partial charge >= 0.3 is 0 Å². The molecule has 1 atom stereocenters. The fraction of sp³-hybridized carbons (Fsp3) is 0.600. The van der Waals surface area contributed by atoms with Gasteiger partial charge < -0.3 is 4.55 Å². The Morgan fingerprint density at radius 1 is 1.11 bits per heavy atom. The van der Waals surface area contributed by atoms with Crippen LogP contribution in [0, 0.1) is 17.8 Å². The molecule has 4 heteroatoms. The molecule has 1 aliphatic carbocycles. The first-order valence-electron chi connectivity index (χ1n) is 6.50. The van der Waals surface area contributed by atoms with Crippen molar-refractivity contribution in [1.82, 2.24) is 0 Å². The third-order valence-electron chi connectivity index (χ3n) is 4.43. The van der Waals surface area contributed by atoms with Gasteiger partial charge in [-0.25, -0.2) is 4.21 Å². The lowest BCUT2D eigenvalue weighted by atomic mass is 9.44. The van der Waals surface area contributed by atoms with E-state index in [1.807, 2.05) is 0 Å². The zero-order chi connectivity index (χ0) is 14.4. The minimum absolute atomic E-state index is 0.196. The third kappa shape index (κ3) is 2.37. The highest BCUT2D eigenvalue weighted by atomic mass is 32.2. The van der Waals surface area contributed by atoms with Gasteiger partial charge in [-0.15, -0.1) is 0 Å². The molecule has 3 nitrogen and oxygen atoms in total. The Kier molecular flexibility index (Phi) is 3.62. The zero-order valence-corrected chi connectivity index (χ0v) is 12.9. The van der Waals surface area contributed by atoms with Crippen LogP contribution in [0.4, 0.5) is 0 Å². The van der Waals surface area contributed by atoms with E-state index in [1.54, 1.807) is 0 Å². The van der Waals surface area contributed by atoms with Gasteiger partial charge in [0.15, 0.2) is 0 Å². The maximum absolute atomic E-state index is 10.8. The fourth-order valence-corrected chi connectivity index (χ4v) is 4.72. The van der Waals surface area contributed by atoms with Crippen LogP contribution in [0.5, 0.6) is 0 Å². The Morgan fingerprint density at radius 2 is 1.58 bits per heavy atom. The second-order valence-corrected chi connectivity index (χ2v) is 7.27. The molecular weight excluding hydrogens is 260 g/mol. The first kappa shape index (κ1) is 14.7. The van der Waals surface area contributed by atoms with E-state index >= 15 is 0 Å². The highest BCUT2D eigenvalue weighted by Gasteiger charge is 2.63. The second-order valence-electron chi connectivity index (χ2n) is 6.67. The Hall–Kier alpha value is -0.710. The van der Waals surface area contributed by atoms with Crippen LogP contribution < -0.4 is 0 Å². The van der Waals surface area contributed by atoms with E-state index in [1.165, 1.54) is 11.1 Å². The lowest BCUT2D eigenvalue weighted by Gasteiger charge is -2.63. The zero-order valence-electron chi connectivity index (χ0n) is 12.1. The van der Waals surface area contributed by atoms with Gasteiger partial charge in [-0.05, 0) is 18.4 Å². The maximum atomic E-state index is 10.8. The molecule has 1 aliphatic rings. The highest BCUT2D eigenvalue weighted by Crippen LogP contribution is 2.65. The van der Waals surface area contributed by atoms with Crippen molar-refractivity contribution in [3.63, 3.8) is 0 Å². The molecule has 0 radical (unpaired) electrons. The molecule has 0 bridgehead atoms. The molecule has 0 amide bonds. The van der Waals surface area contributed by atoms with Gasteiger partial charge in [0.1, 0.15) is 0 Å². The smallest absolute Gasteiger partial charge is 0.0850 e. The quantitative estimate of drug-likeness (QED) is 0.799. The predicted octanol–water partition coefficient (Wildman–Crippen LogP) is 3.32. The normalized spacial score (nSPS) is 29.6. The van der Waals surface area contributed by atoms with Gasteiger partial charge in [0.25, 0.3) is 0 Å². The summed E-state index contributed by atoms with van der Waals surface area (Å²) in [6, 6.07) is 8.46. The topological polar surface area (TPSA) is 49.4 Å². The summed E-state index contributed by atoms with van der Waals surface area (Å²) < 4.78 is 26.8. The summed E-state index contributed by atoms with van der Waals surface area (Å²) in [7, 11) is 0. The lowest BCUT2D eigenvalue weighted by Crippen LogP contribution is -2.62. The van der Waals surface area contributed by atoms with Crippen LogP contribution in [0.1, 0.15) is 44.7 Å². The summed E-state index contributed by atoms with van der Waals surface area (Å²) in [6.07, 6.45) is -0.287. The SMILES string of the molecule is Cc1ccc(C2C(C)(C)C(OS(=O)[O-])C2(C)C)cc1. The van der Waals surface area contributed by atoms with Crippen LogP contribution in [0.2, 0.25) is 0 Å². The van der Waals surface area contributed by atoms with Crippen LogP contribution in [0.3, 0.4) is 0 Å². The molecule has 19 heavy (non-hydrogen) atoms. The van der Waals surface area contributed by atoms with Crippen LogP contribution in [0.15, 0.2) is 24.3 Å². The molecule has 0 aliphatic heterocycles. The van der Waals surface area contributed by atoms with E-state index in [0.29, 0.717) is 0 Å². The Bertz CT molecular complexity index is 475. The van der Waals surface area contributed by atoms with E-state index in [4.69, 9.17) is 4.18 Å².